The van der Waals surface area contributed by atoms with E-state index in [2.05, 4.69) is 53.9 Å². The highest BCUT2D eigenvalue weighted by atomic mass is 79.9. The molecule has 2 nitrogen and oxygen atoms in total. The van der Waals surface area contributed by atoms with Crippen LogP contribution < -0.4 is 0 Å². The third-order valence-electron chi connectivity index (χ3n) is 3.01. The van der Waals surface area contributed by atoms with Gasteiger partial charge >= 0.3 is 17.4 Å². The van der Waals surface area contributed by atoms with E-state index in [1.54, 1.807) is 0 Å². The normalized spacial score (nSPS) is 15.3. The average molecular weight is 588 g/mol. The van der Waals surface area contributed by atoms with Crippen molar-refractivity contribution in [2.45, 2.75) is 40.4 Å². The van der Waals surface area contributed by atoms with Gasteiger partial charge in [0.15, 0.2) is 0 Å². The molecule has 0 aromatic heterocycles. The second-order valence-corrected chi connectivity index (χ2v) is 9.39. The number of sulfone groups is 1. The molecule has 0 saturated heterocycles. The van der Waals surface area contributed by atoms with E-state index in [-0.39, 0.29) is 15.4 Å². The van der Waals surface area contributed by atoms with Crippen LogP contribution in [0.1, 0.15) is 23.7 Å². The molecule has 0 N–H and O–H groups in total. The zero-order valence-corrected chi connectivity index (χ0v) is 17.4. The minimum atomic E-state index is -6.79. The fourth-order valence-electron chi connectivity index (χ4n) is 1.70. The Kier molecular flexibility index (Phi) is 6.73. The van der Waals surface area contributed by atoms with E-state index in [9.17, 15) is 39.2 Å². The minimum Gasteiger partial charge on any atom is -0.217 e. The third-order valence-corrected chi connectivity index (χ3v) is 7.02. The molecule has 1 unspecified atom stereocenters. The Balaban J connectivity index is 3.81. The maximum atomic E-state index is 13.9. The highest BCUT2D eigenvalue weighted by Gasteiger charge is 2.78. The number of hydrogen-bond acceptors (Lipinski definition) is 2. The molecule has 143 valence electrons. The van der Waals surface area contributed by atoms with Gasteiger partial charge < -0.3 is 0 Å². The number of rotatable bonds is 5. The zero-order valence-electron chi connectivity index (χ0n) is 11.9. The predicted octanol–water partition coefficient (Wildman–Crippen LogP) is 6.42. The van der Waals surface area contributed by atoms with E-state index in [4.69, 9.17) is 0 Å². The van der Waals surface area contributed by atoms with E-state index in [1.165, 1.54) is 6.92 Å². The van der Waals surface area contributed by atoms with Crippen LogP contribution in [0.3, 0.4) is 0 Å². The third kappa shape index (κ3) is 3.88. The fourth-order valence-corrected chi connectivity index (χ4v) is 5.85. The van der Waals surface area contributed by atoms with Crippen LogP contribution in [0, 0.1) is 6.07 Å². The van der Waals surface area contributed by atoms with Gasteiger partial charge in [0.25, 0.3) is 9.84 Å². The van der Waals surface area contributed by atoms with Crippen molar-refractivity contribution in [1.29, 1.82) is 0 Å². The van der Waals surface area contributed by atoms with E-state index in [0.717, 1.165) is 0 Å². The molecule has 0 amide bonds. The number of alkyl halides is 8. The van der Waals surface area contributed by atoms with Crippen molar-refractivity contribution >= 4 is 57.6 Å². The lowest BCUT2D eigenvalue weighted by Gasteiger charge is -2.29. The van der Waals surface area contributed by atoms with Crippen molar-refractivity contribution in [3.8, 4) is 0 Å². The quantitative estimate of drug-likeness (QED) is 0.294. The van der Waals surface area contributed by atoms with Gasteiger partial charge in [0, 0.05) is 19.8 Å². The summed E-state index contributed by atoms with van der Waals surface area (Å²) in [6, 6.07) is 2.97. The molecule has 0 spiro atoms. The number of hydrogen-bond donors (Lipinski definition) is 0. The molecule has 0 bridgehead atoms. The molecule has 0 heterocycles. The first-order valence-corrected chi connectivity index (χ1v) is 10.1. The van der Waals surface area contributed by atoms with Crippen molar-refractivity contribution in [3.63, 3.8) is 0 Å². The molecule has 1 aromatic carbocycles. The van der Waals surface area contributed by atoms with E-state index in [0.29, 0.717) is 6.07 Å². The second-order valence-electron chi connectivity index (χ2n) is 4.68. The Hall–Kier alpha value is 0.120. The largest absolute Gasteiger partial charge is 0.461 e. The van der Waals surface area contributed by atoms with Crippen LogP contribution in [0.15, 0.2) is 19.9 Å². The first-order chi connectivity index (χ1) is 11.0. The summed E-state index contributed by atoms with van der Waals surface area (Å²) in [5.74, 6) is -6.79. The Morgan fingerprint density at radius 1 is 1.12 bits per heavy atom. The van der Waals surface area contributed by atoms with Gasteiger partial charge in [-0.3, -0.25) is 0 Å². The lowest BCUT2D eigenvalue weighted by atomic mass is 10.1. The van der Waals surface area contributed by atoms with Gasteiger partial charge in [-0.05, 0) is 34.0 Å². The molecule has 0 saturated carbocycles. The van der Waals surface area contributed by atoms with E-state index >= 15 is 0 Å². The Morgan fingerprint density at radius 3 is 2.00 bits per heavy atom. The van der Waals surface area contributed by atoms with Gasteiger partial charge in [-0.15, -0.1) is 0 Å². The van der Waals surface area contributed by atoms with Gasteiger partial charge in [-0.25, -0.2) is 8.42 Å². The molecule has 1 aromatic rings. The Morgan fingerprint density at radius 2 is 1.60 bits per heavy atom. The SMILES string of the molecule is CCC(Br)c1c(Br)[c]c(Br)cc1S(=O)(=O)C(F)(F)C(F)(F)C(F)(F)F. The molecule has 1 atom stereocenters. The highest BCUT2D eigenvalue weighted by Crippen LogP contribution is 2.52. The molecular weight excluding hydrogens is 581 g/mol. The molecule has 0 aliphatic heterocycles. The summed E-state index contributed by atoms with van der Waals surface area (Å²) < 4.78 is 115. The monoisotopic (exact) mass is 585 g/mol. The number of benzene rings is 1. The molecule has 1 radical (unpaired) electrons. The van der Waals surface area contributed by atoms with Crippen molar-refractivity contribution in [2.24, 2.45) is 0 Å². The van der Waals surface area contributed by atoms with Crippen LogP contribution in [0.4, 0.5) is 30.7 Å². The van der Waals surface area contributed by atoms with E-state index in [1.807, 2.05) is 0 Å². The fraction of sp³-hybridized carbons (Fsp3) is 0.500. The highest BCUT2D eigenvalue weighted by molar-refractivity contribution is 9.11. The van der Waals surface area contributed by atoms with Gasteiger partial charge in [-0.1, -0.05) is 38.8 Å². The van der Waals surface area contributed by atoms with Crippen LogP contribution in [0.5, 0.6) is 0 Å². The smallest absolute Gasteiger partial charge is 0.217 e. The van der Waals surface area contributed by atoms with Crippen LogP contribution in [-0.4, -0.2) is 25.8 Å². The molecule has 0 aliphatic carbocycles. The average Bonchev–Trinajstić information content (AvgIpc) is 2.44. The summed E-state index contributed by atoms with van der Waals surface area (Å²) in [7, 11) is -6.42. The van der Waals surface area contributed by atoms with Gasteiger partial charge in [0.1, 0.15) is 0 Å². The van der Waals surface area contributed by atoms with Crippen LogP contribution in [0.2, 0.25) is 0 Å². The molecule has 25 heavy (non-hydrogen) atoms. The number of halogens is 10. The summed E-state index contributed by atoms with van der Waals surface area (Å²) >= 11 is 8.58. The summed E-state index contributed by atoms with van der Waals surface area (Å²) in [5.41, 5.74) is -0.441. The summed E-state index contributed by atoms with van der Waals surface area (Å²) in [5, 5.41) is -6.42. The second kappa shape index (κ2) is 7.27. The topological polar surface area (TPSA) is 34.1 Å². The summed E-state index contributed by atoms with van der Waals surface area (Å²) in [6.45, 7) is 1.51. The van der Waals surface area contributed by atoms with Crippen LogP contribution in [0.25, 0.3) is 0 Å². The first-order valence-electron chi connectivity index (χ1n) is 6.14. The first kappa shape index (κ1) is 23.2. The Bertz CT molecular complexity index is 763. The standard InChI is InChI=1S/C12H7Br3F7O2S/c1-2-6(14)9-7(15)3-5(13)4-8(9)25(23,24)12(21,22)10(16,17)11(18,19)20/h4,6H,2H2,1H3. The molecule has 1 rings (SSSR count). The lowest BCUT2D eigenvalue weighted by molar-refractivity contribution is -0.332. The van der Waals surface area contributed by atoms with Gasteiger partial charge in [0.2, 0.25) is 0 Å². The summed E-state index contributed by atoms with van der Waals surface area (Å²) in [4.78, 5) is -2.30. The minimum absolute atomic E-state index is 0.123. The maximum Gasteiger partial charge on any atom is 0.461 e. The zero-order chi connectivity index (χ0) is 20.0. The van der Waals surface area contributed by atoms with Crippen molar-refractivity contribution in [3.05, 3.63) is 26.6 Å². The molecule has 0 fully saturated rings. The van der Waals surface area contributed by atoms with Crippen molar-refractivity contribution in [1.82, 2.24) is 0 Å². The summed E-state index contributed by atoms with van der Waals surface area (Å²) in [6.07, 6.45) is -6.64. The van der Waals surface area contributed by atoms with Gasteiger partial charge in [0.05, 0.1) is 4.90 Å². The van der Waals surface area contributed by atoms with Gasteiger partial charge in [-0.2, -0.15) is 30.7 Å². The lowest BCUT2D eigenvalue weighted by Crippen LogP contribution is -2.56. The molecular formula is C12H7Br3F7O2S. The van der Waals surface area contributed by atoms with Crippen molar-refractivity contribution < 1.29 is 39.2 Å². The van der Waals surface area contributed by atoms with E-state index < -0.39 is 42.5 Å². The van der Waals surface area contributed by atoms with Crippen LogP contribution >= 0.6 is 47.8 Å². The molecule has 13 heteroatoms. The van der Waals surface area contributed by atoms with Crippen molar-refractivity contribution in [2.75, 3.05) is 0 Å². The van der Waals surface area contributed by atoms with Crippen LogP contribution in [-0.2, 0) is 9.84 Å². The maximum absolute atomic E-state index is 13.9. The Labute approximate surface area is 163 Å². The molecule has 0 aliphatic rings. The predicted molar refractivity (Wildman–Crippen MR) is 85.8 cm³/mol.